The monoisotopic (exact) mass is 608 g/mol. The van der Waals surface area contributed by atoms with E-state index in [1.165, 1.54) is 49.7 Å². The smallest absolute Gasteiger partial charge is 0.343 e. The number of aryl methyl sites for hydroxylation is 2. The first-order valence-electron chi connectivity index (χ1n) is 13.7. The van der Waals surface area contributed by atoms with Gasteiger partial charge in [0.25, 0.3) is 5.69 Å². The van der Waals surface area contributed by atoms with Crippen molar-refractivity contribution in [2.75, 3.05) is 7.11 Å². The van der Waals surface area contributed by atoms with Crippen molar-refractivity contribution in [1.29, 1.82) is 0 Å². The first-order valence-corrected chi connectivity index (χ1v) is 13.7. The minimum atomic E-state index is -0.712. The number of esters is 1. The van der Waals surface area contributed by atoms with E-state index < -0.39 is 16.8 Å². The molecule has 0 spiro atoms. The molecule has 0 fully saturated rings. The molecule has 2 aromatic heterocycles. The summed E-state index contributed by atoms with van der Waals surface area (Å²) in [4.78, 5) is 35.3. The number of rotatable bonds is 11. The molecule has 0 saturated heterocycles. The number of aromatic nitrogens is 1. The van der Waals surface area contributed by atoms with Crippen molar-refractivity contribution in [1.82, 2.24) is 9.99 Å². The molecular formula is C33H28N4O8. The van der Waals surface area contributed by atoms with E-state index in [0.29, 0.717) is 17.1 Å². The van der Waals surface area contributed by atoms with E-state index in [-0.39, 0.29) is 35.1 Å². The molecule has 3 aromatic carbocycles. The zero-order valence-electron chi connectivity index (χ0n) is 24.6. The molecule has 0 atom stereocenters. The van der Waals surface area contributed by atoms with Gasteiger partial charge in [-0.05, 0) is 98.3 Å². The minimum absolute atomic E-state index is 0.0609. The average molecular weight is 609 g/mol. The van der Waals surface area contributed by atoms with Crippen LogP contribution < -0.4 is 19.6 Å². The Hall–Kier alpha value is -6.17. The maximum Gasteiger partial charge on any atom is 0.343 e. The van der Waals surface area contributed by atoms with E-state index in [0.717, 1.165) is 17.1 Å². The highest BCUT2D eigenvalue weighted by Crippen LogP contribution is 2.29. The van der Waals surface area contributed by atoms with Crippen LogP contribution in [-0.4, -0.2) is 34.7 Å². The lowest BCUT2D eigenvalue weighted by molar-refractivity contribution is -0.384. The van der Waals surface area contributed by atoms with E-state index >= 15 is 0 Å². The first kappa shape index (κ1) is 30.3. The first-order chi connectivity index (χ1) is 21.7. The van der Waals surface area contributed by atoms with Crippen molar-refractivity contribution in [2.45, 2.75) is 20.5 Å². The highest BCUT2D eigenvalue weighted by molar-refractivity contribution is 5.93. The molecule has 12 nitrogen and oxygen atoms in total. The van der Waals surface area contributed by atoms with Crippen LogP contribution in [0.15, 0.2) is 101 Å². The van der Waals surface area contributed by atoms with Gasteiger partial charge in [-0.2, -0.15) is 5.10 Å². The number of hydrogen-bond donors (Lipinski definition) is 1. The van der Waals surface area contributed by atoms with Crippen LogP contribution in [0.25, 0.3) is 5.69 Å². The normalized spacial score (nSPS) is 10.9. The van der Waals surface area contributed by atoms with Gasteiger partial charge in [-0.3, -0.25) is 14.9 Å². The minimum Gasteiger partial charge on any atom is -0.493 e. The van der Waals surface area contributed by atoms with Crippen molar-refractivity contribution in [3.05, 3.63) is 135 Å². The molecule has 1 N–H and O–H groups in total. The summed E-state index contributed by atoms with van der Waals surface area (Å²) >= 11 is 0. The van der Waals surface area contributed by atoms with Crippen LogP contribution in [0.3, 0.4) is 0 Å². The van der Waals surface area contributed by atoms with Crippen LogP contribution in [0.1, 0.15) is 43.6 Å². The number of carbonyl (C=O) groups is 2. The quantitative estimate of drug-likeness (QED) is 0.0616. The number of non-ortho nitro benzene ring substituents is 1. The Bertz CT molecular complexity index is 1850. The second-order valence-corrected chi connectivity index (χ2v) is 9.80. The van der Waals surface area contributed by atoms with Gasteiger partial charge in [-0.1, -0.05) is 0 Å². The Labute approximate surface area is 257 Å². The Balaban J connectivity index is 1.13. The third kappa shape index (κ3) is 7.25. The van der Waals surface area contributed by atoms with Crippen molar-refractivity contribution in [3.63, 3.8) is 0 Å². The Morgan fingerprint density at radius 1 is 0.933 bits per heavy atom. The predicted molar refractivity (Wildman–Crippen MR) is 164 cm³/mol. The van der Waals surface area contributed by atoms with Gasteiger partial charge < -0.3 is 23.2 Å². The Kier molecular flexibility index (Phi) is 9.04. The van der Waals surface area contributed by atoms with Crippen LogP contribution in [0.5, 0.6) is 17.2 Å². The second-order valence-electron chi connectivity index (χ2n) is 9.80. The van der Waals surface area contributed by atoms with E-state index in [2.05, 4.69) is 41.1 Å². The van der Waals surface area contributed by atoms with Crippen LogP contribution >= 0.6 is 0 Å². The van der Waals surface area contributed by atoms with Crippen LogP contribution in [0, 0.1) is 24.0 Å². The van der Waals surface area contributed by atoms with E-state index in [9.17, 15) is 19.7 Å². The van der Waals surface area contributed by atoms with Gasteiger partial charge in [0.1, 0.15) is 18.1 Å². The molecule has 2 heterocycles. The van der Waals surface area contributed by atoms with E-state index in [1.807, 2.05) is 24.3 Å². The van der Waals surface area contributed by atoms with Crippen molar-refractivity contribution >= 4 is 23.8 Å². The molecule has 0 aliphatic heterocycles. The molecule has 45 heavy (non-hydrogen) atoms. The fraction of sp³-hybridized carbons (Fsp3) is 0.121. The number of ether oxygens (including phenoxy) is 3. The van der Waals surface area contributed by atoms with Gasteiger partial charge in [0.05, 0.1) is 23.8 Å². The highest BCUT2D eigenvalue weighted by atomic mass is 16.6. The summed E-state index contributed by atoms with van der Waals surface area (Å²) in [6.45, 7) is 4.24. The highest BCUT2D eigenvalue weighted by Gasteiger charge is 2.15. The van der Waals surface area contributed by atoms with Crippen LogP contribution in [0.4, 0.5) is 5.69 Å². The zero-order valence-corrected chi connectivity index (χ0v) is 24.6. The molecule has 0 aliphatic carbocycles. The predicted octanol–water partition coefficient (Wildman–Crippen LogP) is 6.17. The topological polar surface area (TPSA) is 147 Å². The third-order valence-corrected chi connectivity index (χ3v) is 6.72. The summed E-state index contributed by atoms with van der Waals surface area (Å²) < 4.78 is 24.3. The van der Waals surface area contributed by atoms with Gasteiger partial charge in [-0.25, -0.2) is 10.2 Å². The third-order valence-electron chi connectivity index (χ3n) is 6.72. The van der Waals surface area contributed by atoms with Gasteiger partial charge in [-0.15, -0.1) is 0 Å². The van der Waals surface area contributed by atoms with E-state index in [1.54, 1.807) is 18.2 Å². The molecule has 0 radical (unpaired) electrons. The number of nitrogens with zero attached hydrogens (tertiary/aromatic N) is 3. The molecule has 0 unspecified atom stereocenters. The van der Waals surface area contributed by atoms with Crippen LogP contribution in [0.2, 0.25) is 0 Å². The SMILES string of the molecule is COc1cc(/C=N/NC(=O)c2ccc(COc3ccc(-n4c(C)ccc4C)cc3)o2)ccc1OC(=O)c1ccc([N+](=O)[O-])cc1. The molecule has 0 aliphatic rings. The van der Waals surface area contributed by atoms with Gasteiger partial charge in [0.2, 0.25) is 0 Å². The molecule has 1 amide bonds. The maximum absolute atomic E-state index is 12.5. The van der Waals surface area contributed by atoms with E-state index in [4.69, 9.17) is 18.6 Å². The van der Waals surface area contributed by atoms with Gasteiger partial charge >= 0.3 is 11.9 Å². The lowest BCUT2D eigenvalue weighted by atomic mass is 10.2. The molecule has 12 heteroatoms. The number of furan rings is 1. The average Bonchev–Trinajstić information content (AvgIpc) is 3.66. The maximum atomic E-state index is 12.5. The fourth-order valence-corrected chi connectivity index (χ4v) is 4.45. The summed E-state index contributed by atoms with van der Waals surface area (Å²) in [6, 6.07) is 24.7. The molecule has 5 aromatic rings. The molecule has 228 valence electrons. The summed E-state index contributed by atoms with van der Waals surface area (Å²) in [6.07, 6.45) is 1.38. The lowest BCUT2D eigenvalue weighted by Crippen LogP contribution is -2.16. The van der Waals surface area contributed by atoms with Crippen molar-refractivity contribution in [3.8, 4) is 22.9 Å². The van der Waals surface area contributed by atoms with Crippen molar-refractivity contribution in [2.24, 2.45) is 5.10 Å². The number of amides is 1. The van der Waals surface area contributed by atoms with Crippen LogP contribution in [-0.2, 0) is 6.61 Å². The molecule has 0 saturated carbocycles. The number of methoxy groups -OCH3 is 1. The van der Waals surface area contributed by atoms with Gasteiger partial charge in [0.15, 0.2) is 17.3 Å². The second kappa shape index (κ2) is 13.4. The Morgan fingerprint density at radius 3 is 2.31 bits per heavy atom. The summed E-state index contributed by atoms with van der Waals surface area (Å²) in [5, 5.41) is 14.8. The molecular weight excluding hydrogens is 580 g/mol. The van der Waals surface area contributed by atoms with Crippen molar-refractivity contribution < 1.29 is 33.1 Å². The number of hydrazone groups is 1. The fourth-order valence-electron chi connectivity index (χ4n) is 4.45. The number of nitro groups is 1. The number of benzene rings is 3. The molecule has 0 bridgehead atoms. The zero-order chi connectivity index (χ0) is 31.9. The largest absolute Gasteiger partial charge is 0.493 e. The molecule has 5 rings (SSSR count). The summed E-state index contributed by atoms with van der Waals surface area (Å²) in [5.41, 5.74) is 6.27. The summed E-state index contributed by atoms with van der Waals surface area (Å²) in [5.74, 6) is 0.293. The number of nitrogens with one attached hydrogen (secondary N) is 1. The summed E-state index contributed by atoms with van der Waals surface area (Å²) in [7, 11) is 1.40. The van der Waals surface area contributed by atoms with Gasteiger partial charge in [0, 0.05) is 29.2 Å². The number of hydrogen-bond acceptors (Lipinski definition) is 9. The number of nitro benzene ring substituents is 1. The number of carbonyl (C=O) groups excluding carboxylic acids is 2. The standard InChI is InChI=1S/C33H28N4O8/c1-21-4-5-22(2)36(21)25-11-13-27(14-12-25)43-20-28-15-17-30(44-28)32(38)35-34-19-23-6-16-29(31(18-23)42-3)45-33(39)24-7-9-26(10-8-24)37(40)41/h4-19H,20H2,1-3H3,(H,35,38)/b34-19+. The Morgan fingerprint density at radius 2 is 1.64 bits per heavy atom. The lowest BCUT2D eigenvalue weighted by Gasteiger charge is -2.10.